The molecule has 0 amide bonds. The van der Waals surface area contributed by atoms with Gasteiger partial charge in [-0.05, 0) is 107 Å². The first kappa shape index (κ1) is 43.5. The third kappa shape index (κ3) is 8.26. The van der Waals surface area contributed by atoms with Crippen molar-refractivity contribution < 1.29 is 24.1 Å². The predicted molar refractivity (Wildman–Crippen MR) is 255 cm³/mol. The smallest absolute Gasteiger partial charge is 0.163 e. The van der Waals surface area contributed by atoms with E-state index in [0.29, 0.717) is 17.6 Å². The Labute approximate surface area is 382 Å². The molecule has 0 radical (unpaired) electrons. The number of benzene rings is 2. The Bertz CT molecular complexity index is 3060. The van der Waals surface area contributed by atoms with Gasteiger partial charge in [0.2, 0.25) is 0 Å². The third-order valence-electron chi connectivity index (χ3n) is 13.5. The van der Waals surface area contributed by atoms with Crippen LogP contribution in [-0.2, 0) is 25.4 Å². The molecular weight excluding hydrogens is 833 g/mol. The fourth-order valence-corrected chi connectivity index (χ4v) is 10.6. The average Bonchev–Trinajstić information content (AvgIpc) is 4.18. The molecule has 0 unspecified atom stereocenters. The van der Waals surface area contributed by atoms with E-state index in [4.69, 9.17) is 35.5 Å². The highest BCUT2D eigenvalue weighted by atomic mass is 16.8. The first-order valence-corrected chi connectivity index (χ1v) is 22.6. The SMILES string of the molecule is CC1(C)O[C@@H]2[C@@H](CCc3ccc4cccnc4c3)C[C@@H](n3ccc4c(N)ncnc43)[C@@H]2O1.CC1(C)O[C@@H]2[C@H](O1)[C@@H](/C=C/c1ccc3cccnc3c1)C[C@H]2n1ccc2c(N)ncnc21.CO. The number of anilines is 2. The van der Waals surface area contributed by atoms with E-state index in [0.717, 1.165) is 76.8 Å². The summed E-state index contributed by atoms with van der Waals surface area (Å²) in [6.45, 7) is 7.96. The van der Waals surface area contributed by atoms with Gasteiger partial charge in [0.25, 0.3) is 0 Å². The van der Waals surface area contributed by atoms with E-state index in [1.807, 2.05) is 70.6 Å². The molecule has 2 saturated carbocycles. The molecule has 15 heteroatoms. The highest BCUT2D eigenvalue weighted by Gasteiger charge is 2.55. The van der Waals surface area contributed by atoms with Crippen LogP contribution in [0.1, 0.15) is 70.2 Å². The van der Waals surface area contributed by atoms with Crippen LogP contribution in [0.2, 0.25) is 0 Å². The van der Waals surface area contributed by atoms with Crippen molar-refractivity contribution in [2.45, 2.75) is 101 Å². The van der Waals surface area contributed by atoms with Crippen LogP contribution in [0, 0.1) is 11.8 Å². The Balaban J connectivity index is 0.000000149. The van der Waals surface area contributed by atoms with Crippen molar-refractivity contribution in [2.24, 2.45) is 11.8 Å². The number of nitrogens with two attached hydrogens (primary N) is 2. The summed E-state index contributed by atoms with van der Waals surface area (Å²) in [7, 11) is 1.00. The van der Waals surface area contributed by atoms with Crippen LogP contribution in [0.25, 0.3) is 49.9 Å². The second-order valence-corrected chi connectivity index (χ2v) is 18.5. The fraction of sp³-hybridized carbons (Fsp3) is 0.373. The zero-order valence-corrected chi connectivity index (χ0v) is 37.8. The van der Waals surface area contributed by atoms with Crippen LogP contribution in [-0.4, -0.2) is 87.2 Å². The Kier molecular flexibility index (Phi) is 11.5. The summed E-state index contributed by atoms with van der Waals surface area (Å²) in [5, 5.41) is 11.1. The number of aromatic nitrogens is 8. The van der Waals surface area contributed by atoms with Gasteiger partial charge in [0.15, 0.2) is 11.6 Å². The number of nitrogen functional groups attached to an aromatic ring is 2. The monoisotopic (exact) mass is 888 g/mol. The molecule has 5 N–H and O–H groups in total. The molecule has 4 aliphatic rings. The molecule has 12 rings (SSSR count). The summed E-state index contributed by atoms with van der Waals surface area (Å²) in [5.74, 6) is 0.396. The van der Waals surface area contributed by atoms with Gasteiger partial charge in [-0.3, -0.25) is 9.97 Å². The molecule has 4 fully saturated rings. The van der Waals surface area contributed by atoms with E-state index in [2.05, 4.69) is 106 Å². The number of rotatable bonds is 7. The number of ether oxygens (including phenoxy) is 4. The molecule has 0 bridgehead atoms. The van der Waals surface area contributed by atoms with Crippen molar-refractivity contribution in [3.05, 3.63) is 127 Å². The maximum Gasteiger partial charge on any atom is 0.163 e. The molecule has 2 saturated heterocycles. The van der Waals surface area contributed by atoms with Crippen molar-refractivity contribution in [1.29, 1.82) is 0 Å². The maximum atomic E-state index is 7.00. The number of nitrogens with zero attached hydrogens (tertiary/aromatic N) is 8. The van der Waals surface area contributed by atoms with Crippen molar-refractivity contribution in [3.8, 4) is 0 Å². The lowest BCUT2D eigenvalue weighted by Crippen LogP contribution is -2.27. The standard InChI is InChI=1S/C25H27N5O2.C25H25N5O2.CH4O/c2*1-25(2)31-21-17(8-6-15-5-7-16-4-3-10-27-19(16)12-15)13-20(22(21)32-25)30-11-9-18-23(26)28-14-29-24(18)30;1-2/h3-5,7,9-12,14,17,20-22H,6,8,13H2,1-2H3,(H2,26,28,29);3-12,14,17,20-22H,13H2,1-2H3,(H2,26,28,29);2H,1H3/b;8-6+;/t2*17-,20+,21+,22-;/m00./s1. The van der Waals surface area contributed by atoms with Crippen molar-refractivity contribution in [1.82, 2.24) is 39.0 Å². The van der Waals surface area contributed by atoms with Gasteiger partial charge in [-0.1, -0.05) is 48.6 Å². The van der Waals surface area contributed by atoms with E-state index in [-0.39, 0.29) is 42.4 Å². The lowest BCUT2D eigenvalue weighted by molar-refractivity contribution is -0.160. The van der Waals surface area contributed by atoms with Crippen LogP contribution in [0.3, 0.4) is 0 Å². The average molecular weight is 889 g/mol. The second kappa shape index (κ2) is 17.5. The van der Waals surface area contributed by atoms with Crippen LogP contribution < -0.4 is 11.5 Å². The lowest BCUT2D eigenvalue weighted by atomic mass is 9.95. The maximum absolute atomic E-state index is 7.00. The van der Waals surface area contributed by atoms with Gasteiger partial charge in [-0.15, -0.1) is 0 Å². The van der Waals surface area contributed by atoms with Crippen LogP contribution in [0.15, 0.2) is 116 Å². The number of hydrogen-bond donors (Lipinski definition) is 3. The fourth-order valence-electron chi connectivity index (χ4n) is 10.6. The van der Waals surface area contributed by atoms with Gasteiger partial charge in [0, 0.05) is 48.6 Å². The summed E-state index contributed by atoms with van der Waals surface area (Å²) >= 11 is 0. The van der Waals surface area contributed by atoms with Gasteiger partial charge in [-0.2, -0.15) is 0 Å². The Morgan fingerprint density at radius 3 is 1.82 bits per heavy atom. The molecule has 8 aromatic rings. The molecule has 66 heavy (non-hydrogen) atoms. The summed E-state index contributed by atoms with van der Waals surface area (Å²) in [6, 6.07) is 25.3. The van der Waals surface area contributed by atoms with Crippen molar-refractivity contribution >= 4 is 61.6 Å². The quantitative estimate of drug-likeness (QED) is 0.139. The highest BCUT2D eigenvalue weighted by molar-refractivity contribution is 5.87. The zero-order valence-electron chi connectivity index (χ0n) is 37.8. The molecule has 0 spiro atoms. The molecular formula is C51H56N10O5. The molecule has 2 aliphatic carbocycles. The van der Waals surface area contributed by atoms with Crippen LogP contribution in [0.4, 0.5) is 11.6 Å². The molecule has 8 heterocycles. The molecule has 2 aromatic carbocycles. The molecule has 6 aromatic heterocycles. The van der Waals surface area contributed by atoms with E-state index < -0.39 is 11.6 Å². The predicted octanol–water partition coefficient (Wildman–Crippen LogP) is 8.24. The number of aryl methyl sites for hydroxylation is 1. The van der Waals surface area contributed by atoms with E-state index in [9.17, 15) is 0 Å². The molecule has 340 valence electrons. The Morgan fingerprint density at radius 2 is 1.18 bits per heavy atom. The number of aliphatic hydroxyl groups excluding tert-OH is 1. The Hall–Kier alpha value is -6.36. The summed E-state index contributed by atoms with van der Waals surface area (Å²) in [5.41, 5.74) is 18.3. The Morgan fingerprint density at radius 1 is 0.636 bits per heavy atom. The molecule has 15 nitrogen and oxygen atoms in total. The van der Waals surface area contributed by atoms with Crippen molar-refractivity contribution in [3.63, 3.8) is 0 Å². The van der Waals surface area contributed by atoms with E-state index in [1.165, 1.54) is 23.6 Å². The minimum Gasteiger partial charge on any atom is -0.400 e. The number of pyridine rings is 2. The van der Waals surface area contributed by atoms with Gasteiger partial charge in [0.1, 0.15) is 47.8 Å². The minimum atomic E-state index is -0.621. The normalized spacial score (nSPS) is 26.1. The van der Waals surface area contributed by atoms with Gasteiger partial charge < -0.3 is 44.7 Å². The second-order valence-electron chi connectivity index (χ2n) is 18.5. The van der Waals surface area contributed by atoms with Crippen molar-refractivity contribution in [2.75, 3.05) is 18.6 Å². The number of fused-ring (bicyclic) bond motifs is 6. The topological polar surface area (TPSA) is 196 Å². The first-order chi connectivity index (χ1) is 32.0. The van der Waals surface area contributed by atoms with Crippen LogP contribution in [0.5, 0.6) is 0 Å². The highest BCUT2D eigenvalue weighted by Crippen LogP contribution is 2.50. The number of aliphatic hydroxyl groups is 1. The molecule has 8 atom stereocenters. The lowest BCUT2D eigenvalue weighted by Gasteiger charge is -2.24. The van der Waals surface area contributed by atoms with Gasteiger partial charge in [-0.25, -0.2) is 19.9 Å². The van der Waals surface area contributed by atoms with E-state index >= 15 is 0 Å². The summed E-state index contributed by atoms with van der Waals surface area (Å²) in [6.07, 6.45) is 19.1. The third-order valence-corrected chi connectivity index (χ3v) is 13.5. The largest absolute Gasteiger partial charge is 0.400 e. The summed E-state index contributed by atoms with van der Waals surface area (Å²) in [4.78, 5) is 26.2. The summed E-state index contributed by atoms with van der Waals surface area (Å²) < 4.78 is 29.9. The van der Waals surface area contributed by atoms with Gasteiger partial charge >= 0.3 is 0 Å². The van der Waals surface area contributed by atoms with Crippen LogP contribution >= 0.6 is 0 Å². The zero-order chi connectivity index (χ0) is 45.7. The molecule has 2 aliphatic heterocycles. The number of hydrogen-bond acceptors (Lipinski definition) is 13. The van der Waals surface area contributed by atoms with Gasteiger partial charge in [0.05, 0.1) is 46.1 Å². The minimum absolute atomic E-state index is 0.0138. The first-order valence-electron chi connectivity index (χ1n) is 22.6. The van der Waals surface area contributed by atoms with E-state index in [1.54, 1.807) is 0 Å².